The van der Waals surface area contributed by atoms with Gasteiger partial charge in [0.05, 0.1) is 5.69 Å². The molecular formula is C21H25F2N3O3. The highest BCUT2D eigenvalue weighted by molar-refractivity contribution is 6.39. The van der Waals surface area contributed by atoms with Crippen molar-refractivity contribution in [2.45, 2.75) is 33.2 Å². The lowest BCUT2D eigenvalue weighted by Crippen LogP contribution is -2.41. The molecule has 2 aromatic rings. The van der Waals surface area contributed by atoms with Crippen molar-refractivity contribution in [3.8, 4) is 0 Å². The molecule has 2 amide bonds. The number of amides is 2. The van der Waals surface area contributed by atoms with Crippen LogP contribution < -0.4 is 10.6 Å². The number of likely N-dealkylation sites (tertiary alicyclic amines) is 1. The molecule has 0 atom stereocenters. The van der Waals surface area contributed by atoms with Gasteiger partial charge >= 0.3 is 11.8 Å². The summed E-state index contributed by atoms with van der Waals surface area (Å²) in [5.74, 6) is -1.36. The van der Waals surface area contributed by atoms with Crippen molar-refractivity contribution in [3.63, 3.8) is 0 Å². The van der Waals surface area contributed by atoms with Gasteiger partial charge in [-0.3, -0.25) is 14.5 Å². The van der Waals surface area contributed by atoms with Crippen molar-refractivity contribution in [3.05, 3.63) is 53.0 Å². The number of hydrogen-bond acceptors (Lipinski definition) is 4. The van der Waals surface area contributed by atoms with Crippen LogP contribution in [0.15, 0.2) is 28.7 Å². The fourth-order valence-electron chi connectivity index (χ4n) is 3.52. The zero-order valence-corrected chi connectivity index (χ0v) is 16.6. The van der Waals surface area contributed by atoms with E-state index in [4.69, 9.17) is 4.42 Å². The Hall–Kier alpha value is -2.74. The summed E-state index contributed by atoms with van der Waals surface area (Å²) in [4.78, 5) is 26.2. The largest absolute Gasteiger partial charge is 0.466 e. The lowest BCUT2D eigenvalue weighted by molar-refractivity contribution is -0.136. The molecule has 1 aromatic carbocycles. The molecule has 2 heterocycles. The average Bonchev–Trinajstić information content (AvgIpc) is 3.00. The number of aryl methyl sites for hydroxylation is 2. The van der Waals surface area contributed by atoms with Crippen LogP contribution in [0.1, 0.15) is 29.9 Å². The third-order valence-electron chi connectivity index (χ3n) is 5.18. The number of furan rings is 1. The fourth-order valence-corrected chi connectivity index (χ4v) is 3.52. The summed E-state index contributed by atoms with van der Waals surface area (Å²) in [5.41, 5.74) is 0.962. The van der Waals surface area contributed by atoms with Crippen LogP contribution in [-0.4, -0.2) is 36.3 Å². The maximum absolute atomic E-state index is 13.6. The van der Waals surface area contributed by atoms with Crippen LogP contribution in [0.3, 0.4) is 0 Å². The molecule has 1 aromatic heterocycles. The minimum atomic E-state index is -0.973. The maximum atomic E-state index is 13.6. The summed E-state index contributed by atoms with van der Waals surface area (Å²) in [5, 5.41) is 4.76. The topological polar surface area (TPSA) is 74.6 Å². The van der Waals surface area contributed by atoms with Gasteiger partial charge in [-0.15, -0.1) is 0 Å². The van der Waals surface area contributed by atoms with E-state index in [1.54, 1.807) is 0 Å². The number of rotatable bonds is 5. The highest BCUT2D eigenvalue weighted by atomic mass is 19.1. The quantitative estimate of drug-likeness (QED) is 0.750. The molecule has 1 fully saturated rings. The van der Waals surface area contributed by atoms with Crippen molar-refractivity contribution in [1.82, 2.24) is 10.2 Å². The van der Waals surface area contributed by atoms with Crippen LogP contribution >= 0.6 is 0 Å². The molecule has 0 saturated carbocycles. The van der Waals surface area contributed by atoms with E-state index < -0.39 is 23.4 Å². The SMILES string of the molecule is Cc1cc(CN2CCC(CNC(=O)C(=O)Nc3ccc(F)cc3F)CC2)c(C)o1. The highest BCUT2D eigenvalue weighted by Crippen LogP contribution is 2.21. The van der Waals surface area contributed by atoms with Gasteiger partial charge in [0, 0.05) is 24.7 Å². The summed E-state index contributed by atoms with van der Waals surface area (Å²) in [6.45, 7) is 6.93. The molecule has 156 valence electrons. The van der Waals surface area contributed by atoms with Crippen molar-refractivity contribution >= 4 is 17.5 Å². The average molecular weight is 405 g/mol. The van der Waals surface area contributed by atoms with Crippen LogP contribution in [-0.2, 0) is 16.1 Å². The minimum absolute atomic E-state index is 0.232. The molecule has 0 unspecified atom stereocenters. The zero-order valence-electron chi connectivity index (χ0n) is 16.6. The van der Waals surface area contributed by atoms with Crippen molar-refractivity contribution < 1.29 is 22.8 Å². The summed E-state index contributed by atoms with van der Waals surface area (Å²) in [6, 6.07) is 4.80. The van der Waals surface area contributed by atoms with Gasteiger partial charge in [-0.25, -0.2) is 8.78 Å². The third-order valence-corrected chi connectivity index (χ3v) is 5.18. The van der Waals surface area contributed by atoms with E-state index in [2.05, 4.69) is 21.6 Å². The molecule has 3 rings (SSSR count). The number of nitrogens with one attached hydrogen (secondary N) is 2. The molecule has 0 radical (unpaired) electrons. The Labute approximate surface area is 168 Å². The lowest BCUT2D eigenvalue weighted by Gasteiger charge is -2.31. The van der Waals surface area contributed by atoms with E-state index >= 15 is 0 Å². The third kappa shape index (κ3) is 5.63. The van der Waals surface area contributed by atoms with E-state index in [1.165, 1.54) is 5.56 Å². The first-order valence-electron chi connectivity index (χ1n) is 9.64. The van der Waals surface area contributed by atoms with Crippen LogP contribution in [0.2, 0.25) is 0 Å². The Kier molecular flexibility index (Phi) is 6.64. The number of carbonyl (C=O) groups excluding carboxylic acids is 2. The highest BCUT2D eigenvalue weighted by Gasteiger charge is 2.22. The number of nitrogens with zero attached hydrogens (tertiary/aromatic N) is 1. The first-order chi connectivity index (χ1) is 13.8. The van der Waals surface area contributed by atoms with Crippen molar-refractivity contribution in [2.24, 2.45) is 5.92 Å². The number of hydrogen-bond donors (Lipinski definition) is 2. The summed E-state index contributed by atoms with van der Waals surface area (Å²) < 4.78 is 32.0. The Morgan fingerprint density at radius 1 is 1.14 bits per heavy atom. The smallest absolute Gasteiger partial charge is 0.313 e. The van der Waals surface area contributed by atoms with Gasteiger partial charge in [0.15, 0.2) is 0 Å². The molecule has 6 nitrogen and oxygen atoms in total. The Bertz CT molecular complexity index is 889. The molecule has 0 bridgehead atoms. The predicted octanol–water partition coefficient (Wildman–Crippen LogP) is 3.14. The molecule has 8 heteroatoms. The Balaban J connectivity index is 1.41. The number of piperidine rings is 1. The van der Waals surface area contributed by atoms with E-state index in [9.17, 15) is 18.4 Å². The second-order valence-corrected chi connectivity index (χ2v) is 7.45. The summed E-state index contributed by atoms with van der Waals surface area (Å²) >= 11 is 0. The molecule has 1 aliphatic rings. The normalized spacial score (nSPS) is 15.3. The van der Waals surface area contributed by atoms with Crippen molar-refractivity contribution in [1.29, 1.82) is 0 Å². The number of benzene rings is 1. The summed E-state index contributed by atoms with van der Waals surface area (Å²) in [6.07, 6.45) is 1.81. The van der Waals surface area contributed by atoms with Crippen LogP contribution in [0.5, 0.6) is 0 Å². The van der Waals surface area contributed by atoms with Gasteiger partial charge in [-0.2, -0.15) is 0 Å². The van der Waals surface area contributed by atoms with E-state index in [-0.39, 0.29) is 11.6 Å². The standard InChI is InChI=1S/C21H25F2N3O3/c1-13-9-16(14(2)29-13)12-26-7-5-15(6-8-26)11-24-20(27)21(28)25-19-4-3-17(22)10-18(19)23/h3-4,9-10,15H,5-8,11-12H2,1-2H3,(H,24,27)(H,25,28). The molecule has 2 N–H and O–H groups in total. The zero-order chi connectivity index (χ0) is 21.0. The van der Waals surface area contributed by atoms with Gasteiger partial charge in [0.25, 0.3) is 0 Å². The maximum Gasteiger partial charge on any atom is 0.313 e. The minimum Gasteiger partial charge on any atom is -0.466 e. The molecule has 1 saturated heterocycles. The lowest BCUT2D eigenvalue weighted by atomic mass is 9.96. The molecule has 29 heavy (non-hydrogen) atoms. The molecular weight excluding hydrogens is 380 g/mol. The van der Waals surface area contributed by atoms with E-state index in [1.807, 2.05) is 13.8 Å². The fraction of sp³-hybridized carbons (Fsp3) is 0.429. The van der Waals surface area contributed by atoms with E-state index in [0.717, 1.165) is 56.1 Å². The van der Waals surface area contributed by atoms with Gasteiger partial charge in [0.2, 0.25) is 0 Å². The second kappa shape index (κ2) is 9.17. The number of anilines is 1. The van der Waals surface area contributed by atoms with E-state index in [0.29, 0.717) is 12.6 Å². The number of carbonyl (C=O) groups is 2. The molecule has 0 aliphatic carbocycles. The van der Waals surface area contributed by atoms with Crippen LogP contribution in [0, 0.1) is 31.4 Å². The monoisotopic (exact) mass is 405 g/mol. The van der Waals surface area contributed by atoms with Gasteiger partial charge in [0.1, 0.15) is 23.2 Å². The van der Waals surface area contributed by atoms with Gasteiger partial charge in [-0.1, -0.05) is 0 Å². The Morgan fingerprint density at radius 2 is 1.86 bits per heavy atom. The van der Waals surface area contributed by atoms with Gasteiger partial charge in [-0.05, 0) is 63.9 Å². The van der Waals surface area contributed by atoms with Gasteiger partial charge < -0.3 is 15.1 Å². The second-order valence-electron chi connectivity index (χ2n) is 7.45. The molecule has 0 spiro atoms. The van der Waals surface area contributed by atoms with Crippen LogP contribution in [0.4, 0.5) is 14.5 Å². The first kappa shape index (κ1) is 21.0. The summed E-state index contributed by atoms with van der Waals surface area (Å²) in [7, 11) is 0. The predicted molar refractivity (Wildman–Crippen MR) is 104 cm³/mol. The Morgan fingerprint density at radius 3 is 2.48 bits per heavy atom. The molecule has 1 aliphatic heterocycles. The first-order valence-corrected chi connectivity index (χ1v) is 9.64. The van der Waals surface area contributed by atoms with Crippen LogP contribution in [0.25, 0.3) is 0 Å². The number of halogens is 2. The van der Waals surface area contributed by atoms with Crippen molar-refractivity contribution in [2.75, 3.05) is 25.0 Å².